The minimum absolute atomic E-state index is 0.0306. The van der Waals surface area contributed by atoms with Crippen LogP contribution in [0.25, 0.3) is 17.0 Å². The second-order valence-electron chi connectivity index (χ2n) is 8.97. The van der Waals surface area contributed by atoms with Crippen LogP contribution in [-0.2, 0) is 16.1 Å². The summed E-state index contributed by atoms with van der Waals surface area (Å²) in [5.74, 6) is 0.768. The van der Waals surface area contributed by atoms with Gasteiger partial charge in [-0.1, -0.05) is 17.3 Å². The van der Waals surface area contributed by atoms with Crippen molar-refractivity contribution in [2.45, 2.75) is 38.4 Å². The van der Waals surface area contributed by atoms with Crippen LogP contribution in [0.15, 0.2) is 47.2 Å². The Morgan fingerprint density at radius 1 is 1.27 bits per heavy atom. The molecule has 2 N–H and O–H groups in total. The molecule has 1 aliphatic carbocycles. The van der Waals surface area contributed by atoms with Crippen molar-refractivity contribution < 1.29 is 28.3 Å². The first kappa shape index (κ1) is 25.0. The van der Waals surface area contributed by atoms with Crippen LogP contribution >= 0.6 is 0 Å². The van der Waals surface area contributed by atoms with E-state index in [1.165, 1.54) is 6.20 Å². The Bertz CT molecular complexity index is 1380. The quantitative estimate of drug-likeness (QED) is 0.294. The van der Waals surface area contributed by atoms with Gasteiger partial charge in [-0.05, 0) is 49.1 Å². The maximum absolute atomic E-state index is 13.1. The van der Waals surface area contributed by atoms with Crippen molar-refractivity contribution in [3.05, 3.63) is 65.4 Å². The van der Waals surface area contributed by atoms with Gasteiger partial charge in [0.15, 0.2) is 0 Å². The van der Waals surface area contributed by atoms with Crippen molar-refractivity contribution in [2.24, 2.45) is 0 Å². The number of benzene rings is 1. The molecular weight excluding hydrogens is 481 g/mol. The first-order valence-electron chi connectivity index (χ1n) is 12.1. The van der Waals surface area contributed by atoms with Crippen molar-refractivity contribution in [1.82, 2.24) is 19.5 Å². The van der Waals surface area contributed by atoms with Crippen LogP contribution in [0.4, 0.5) is 10.1 Å². The van der Waals surface area contributed by atoms with Crippen molar-refractivity contribution in [2.75, 3.05) is 31.8 Å². The van der Waals surface area contributed by atoms with Crippen LogP contribution in [-0.4, -0.2) is 63.1 Å². The fraction of sp³-hybridized carbons (Fsp3) is 0.385. The molecule has 11 heteroatoms. The molecule has 1 amide bonds. The molecule has 1 fully saturated rings. The van der Waals surface area contributed by atoms with E-state index in [9.17, 15) is 9.18 Å². The Hall–Kier alpha value is -3.67. The maximum Gasteiger partial charge on any atom is 0.274 e. The van der Waals surface area contributed by atoms with Gasteiger partial charge in [-0.25, -0.2) is 9.37 Å². The molecular formula is C26H28FN5O5. The van der Waals surface area contributed by atoms with Crippen molar-refractivity contribution in [3.63, 3.8) is 0 Å². The maximum atomic E-state index is 13.1. The molecule has 10 nitrogen and oxygen atoms in total. The van der Waals surface area contributed by atoms with Gasteiger partial charge < -0.3 is 24.4 Å². The average Bonchev–Trinajstić information content (AvgIpc) is 3.52. The summed E-state index contributed by atoms with van der Waals surface area (Å²) < 4.78 is 30.2. The number of hydrogen-bond donors (Lipinski definition) is 2. The van der Waals surface area contributed by atoms with Crippen LogP contribution < -0.4 is 5.32 Å². The Morgan fingerprint density at radius 2 is 2.14 bits per heavy atom. The van der Waals surface area contributed by atoms with Crippen LogP contribution in [0.3, 0.4) is 0 Å². The smallest absolute Gasteiger partial charge is 0.274 e. The number of rotatable bonds is 11. The van der Waals surface area contributed by atoms with Crippen LogP contribution in [0.2, 0.25) is 0 Å². The zero-order valence-corrected chi connectivity index (χ0v) is 20.4. The number of aliphatic hydroxyl groups excluding tert-OH is 1. The SMILES string of the molecule is Cc1ccc(-c2noc(C3CC(OCCF)C3)n2)cc1NC(=O)c1cnc2cc(COCCO)ccn12. The number of carbonyl (C=O) groups is 1. The van der Waals surface area contributed by atoms with Crippen LogP contribution in [0.5, 0.6) is 0 Å². The first-order valence-corrected chi connectivity index (χ1v) is 12.1. The molecule has 5 rings (SSSR count). The highest BCUT2D eigenvalue weighted by Crippen LogP contribution is 2.38. The monoisotopic (exact) mass is 509 g/mol. The molecule has 0 unspecified atom stereocenters. The van der Waals surface area contributed by atoms with Gasteiger partial charge in [0.25, 0.3) is 5.91 Å². The van der Waals surface area contributed by atoms with Gasteiger partial charge in [0.05, 0.1) is 38.7 Å². The Labute approximate surface area is 212 Å². The van der Waals surface area contributed by atoms with E-state index in [1.54, 1.807) is 10.6 Å². The predicted molar refractivity (Wildman–Crippen MR) is 132 cm³/mol. The van der Waals surface area contributed by atoms with Crippen molar-refractivity contribution in [3.8, 4) is 11.4 Å². The highest BCUT2D eigenvalue weighted by atomic mass is 19.1. The number of aromatic nitrogens is 4. The predicted octanol–water partition coefficient (Wildman–Crippen LogP) is 3.69. The molecule has 37 heavy (non-hydrogen) atoms. The van der Waals surface area contributed by atoms with E-state index < -0.39 is 6.67 Å². The Morgan fingerprint density at radius 3 is 2.95 bits per heavy atom. The number of pyridine rings is 1. The standard InChI is InChI=1S/C26H28FN5O5/c1-16-2-3-18(24-30-26(37-31-24)19-11-20(12-19)36-8-5-27)13-21(16)29-25(34)22-14-28-23-10-17(4-6-32(22)23)15-35-9-7-33/h2-4,6,10,13-14,19-20,33H,5,7-9,11-12,15H2,1H3,(H,29,34). The number of nitrogens with one attached hydrogen (secondary N) is 1. The highest BCUT2D eigenvalue weighted by molar-refractivity contribution is 6.04. The Kier molecular flexibility index (Phi) is 7.54. The van der Waals surface area contributed by atoms with Gasteiger partial charge in [0.1, 0.15) is 18.0 Å². The molecule has 3 aromatic heterocycles. The number of hydrogen-bond acceptors (Lipinski definition) is 8. The summed E-state index contributed by atoms with van der Waals surface area (Å²) in [5, 5.41) is 15.9. The summed E-state index contributed by atoms with van der Waals surface area (Å²) in [6.07, 6.45) is 4.78. The largest absolute Gasteiger partial charge is 0.394 e. The van der Waals surface area contributed by atoms with Crippen LogP contribution in [0, 0.1) is 6.92 Å². The zero-order chi connectivity index (χ0) is 25.8. The first-order chi connectivity index (χ1) is 18.1. The third-order valence-electron chi connectivity index (χ3n) is 6.38. The van der Waals surface area contributed by atoms with Crippen molar-refractivity contribution in [1.29, 1.82) is 0 Å². The second-order valence-corrected chi connectivity index (χ2v) is 8.97. The number of nitrogens with zero attached hydrogens (tertiary/aromatic N) is 4. The number of anilines is 1. The lowest BCUT2D eigenvalue weighted by atomic mass is 9.82. The lowest BCUT2D eigenvalue weighted by molar-refractivity contribution is -0.0210. The number of alkyl halides is 1. The summed E-state index contributed by atoms with van der Waals surface area (Å²) in [4.78, 5) is 22.0. The van der Waals surface area contributed by atoms with E-state index in [2.05, 4.69) is 20.4 Å². The molecule has 194 valence electrons. The fourth-order valence-electron chi connectivity index (χ4n) is 4.25. The molecule has 4 aromatic rings. The number of aliphatic hydroxyl groups is 1. The van der Waals surface area contributed by atoms with E-state index >= 15 is 0 Å². The molecule has 0 aliphatic heterocycles. The number of imidazole rings is 1. The highest BCUT2D eigenvalue weighted by Gasteiger charge is 2.35. The molecule has 1 saturated carbocycles. The molecule has 0 bridgehead atoms. The lowest BCUT2D eigenvalue weighted by Crippen LogP contribution is -2.30. The molecule has 1 aliphatic rings. The van der Waals surface area contributed by atoms with Crippen LogP contribution in [0.1, 0.15) is 46.3 Å². The van der Waals surface area contributed by atoms with Gasteiger partial charge in [-0.15, -0.1) is 0 Å². The molecule has 0 radical (unpaired) electrons. The molecule has 0 spiro atoms. The summed E-state index contributed by atoms with van der Waals surface area (Å²) in [5.41, 5.74) is 4.12. The number of halogens is 1. The van der Waals surface area contributed by atoms with Gasteiger partial charge in [-0.2, -0.15) is 4.98 Å². The lowest BCUT2D eigenvalue weighted by Gasteiger charge is -2.32. The fourth-order valence-corrected chi connectivity index (χ4v) is 4.25. The third-order valence-corrected chi connectivity index (χ3v) is 6.38. The topological polar surface area (TPSA) is 124 Å². The van der Waals surface area contributed by atoms with E-state index in [4.69, 9.17) is 19.1 Å². The molecule has 0 atom stereocenters. The zero-order valence-electron chi connectivity index (χ0n) is 20.4. The van der Waals surface area contributed by atoms with Crippen molar-refractivity contribution >= 4 is 17.2 Å². The molecule has 3 heterocycles. The van der Waals surface area contributed by atoms with Gasteiger partial charge in [0, 0.05) is 23.4 Å². The van der Waals surface area contributed by atoms with Gasteiger partial charge >= 0.3 is 0 Å². The number of fused-ring (bicyclic) bond motifs is 1. The molecule has 0 saturated heterocycles. The number of amides is 1. The van der Waals surface area contributed by atoms with E-state index in [0.29, 0.717) is 40.9 Å². The normalized spacial score (nSPS) is 17.2. The second kappa shape index (κ2) is 11.2. The minimum atomic E-state index is -0.488. The van der Waals surface area contributed by atoms with Gasteiger partial charge in [0.2, 0.25) is 11.7 Å². The third kappa shape index (κ3) is 5.53. The molecule has 1 aromatic carbocycles. The average molecular weight is 510 g/mol. The van der Waals surface area contributed by atoms with E-state index in [0.717, 1.165) is 24.0 Å². The minimum Gasteiger partial charge on any atom is -0.394 e. The number of carbonyl (C=O) groups excluding carboxylic acids is 1. The summed E-state index contributed by atoms with van der Waals surface area (Å²) in [7, 11) is 0. The summed E-state index contributed by atoms with van der Waals surface area (Å²) in [6.45, 7) is 2.10. The van der Waals surface area contributed by atoms with E-state index in [-0.39, 0.29) is 37.7 Å². The number of aryl methyl sites for hydroxylation is 1. The summed E-state index contributed by atoms with van der Waals surface area (Å²) >= 11 is 0. The summed E-state index contributed by atoms with van der Waals surface area (Å²) in [6, 6.07) is 9.27. The van der Waals surface area contributed by atoms with Gasteiger partial charge in [-0.3, -0.25) is 9.20 Å². The van der Waals surface area contributed by atoms with E-state index in [1.807, 2.05) is 37.3 Å². The number of ether oxygens (including phenoxy) is 2. The Balaban J connectivity index is 1.27.